The first-order valence-electron chi connectivity index (χ1n) is 4.37. The lowest BCUT2D eigenvalue weighted by molar-refractivity contribution is -0.137. The van der Waals surface area contributed by atoms with Crippen LogP contribution in [0.15, 0.2) is 4.99 Å². The third kappa shape index (κ3) is 6.32. The van der Waals surface area contributed by atoms with Gasteiger partial charge in [-0.2, -0.15) is 0 Å². The molecule has 1 atom stereocenters. The van der Waals surface area contributed by atoms with Crippen LogP contribution in [0, 0.1) is 0 Å². The summed E-state index contributed by atoms with van der Waals surface area (Å²) in [7, 11) is -3.58. The maximum atomic E-state index is 11.3. The van der Waals surface area contributed by atoms with E-state index in [1.165, 1.54) is 0 Å². The molecule has 0 fully saturated rings. The Kier molecular flexibility index (Phi) is 5.93. The number of aliphatic carboxylic acids is 1. The fourth-order valence-corrected chi connectivity index (χ4v) is 2.03. The molecule has 16 heavy (non-hydrogen) atoms. The van der Waals surface area contributed by atoms with Gasteiger partial charge in [-0.25, -0.2) is 8.42 Å². The van der Waals surface area contributed by atoms with Crippen molar-refractivity contribution < 1.29 is 23.4 Å². The predicted octanol–water partition coefficient (Wildman–Crippen LogP) is -2.84. The first-order chi connectivity index (χ1) is 7.28. The van der Waals surface area contributed by atoms with Gasteiger partial charge in [-0.1, -0.05) is 0 Å². The summed E-state index contributed by atoms with van der Waals surface area (Å²) in [5.41, 5.74) is 10.2. The molecule has 0 aromatic carbocycles. The minimum Gasteiger partial charge on any atom is -0.480 e. The van der Waals surface area contributed by atoms with E-state index in [9.17, 15) is 13.2 Å². The summed E-state index contributed by atoms with van der Waals surface area (Å²) in [5, 5.41) is 16.9. The van der Waals surface area contributed by atoms with Crippen molar-refractivity contribution in [3.8, 4) is 0 Å². The average Bonchev–Trinajstić information content (AvgIpc) is 2.16. The Labute approximate surface area is 92.9 Å². The highest BCUT2D eigenvalue weighted by molar-refractivity contribution is 7.91. The van der Waals surface area contributed by atoms with E-state index in [1.807, 2.05) is 0 Å². The van der Waals surface area contributed by atoms with Crippen LogP contribution in [0.5, 0.6) is 0 Å². The zero-order chi connectivity index (χ0) is 12.8. The third-order valence-electron chi connectivity index (χ3n) is 1.63. The number of aliphatic hydroxyl groups is 1. The topological polar surface area (TPSA) is 156 Å². The van der Waals surface area contributed by atoms with Crippen molar-refractivity contribution in [2.24, 2.45) is 16.5 Å². The van der Waals surface area contributed by atoms with E-state index in [-0.39, 0.29) is 18.1 Å². The molecule has 0 heterocycles. The molecule has 0 aliphatic rings. The number of nitrogens with zero attached hydrogens (tertiary/aromatic N) is 1. The van der Waals surface area contributed by atoms with Crippen LogP contribution in [0.3, 0.4) is 0 Å². The molecule has 0 bridgehead atoms. The van der Waals surface area contributed by atoms with Gasteiger partial charge in [0.2, 0.25) is 0 Å². The van der Waals surface area contributed by atoms with Gasteiger partial charge >= 0.3 is 5.97 Å². The Morgan fingerprint density at radius 3 is 2.44 bits per heavy atom. The molecule has 0 amide bonds. The second kappa shape index (κ2) is 6.40. The lowest BCUT2D eigenvalue weighted by atomic mass is 10.4. The zero-order valence-corrected chi connectivity index (χ0v) is 9.35. The highest BCUT2D eigenvalue weighted by Gasteiger charge is 2.20. The number of aliphatic imine (C=N–C) groups is 1. The van der Waals surface area contributed by atoms with Crippen molar-refractivity contribution in [1.29, 1.82) is 0 Å². The summed E-state index contributed by atoms with van der Waals surface area (Å²) >= 11 is 0. The van der Waals surface area contributed by atoms with Gasteiger partial charge in [-0.15, -0.1) is 0 Å². The van der Waals surface area contributed by atoms with Gasteiger partial charge in [0.15, 0.2) is 9.84 Å². The summed E-state index contributed by atoms with van der Waals surface area (Å²) < 4.78 is 22.6. The first-order valence-corrected chi connectivity index (χ1v) is 6.19. The predicted molar refractivity (Wildman–Crippen MR) is 57.8 cm³/mol. The van der Waals surface area contributed by atoms with Crippen molar-refractivity contribution in [3.05, 3.63) is 0 Å². The van der Waals surface area contributed by atoms with E-state index in [1.54, 1.807) is 0 Å². The Morgan fingerprint density at radius 2 is 2.00 bits per heavy atom. The number of amidine groups is 1. The van der Waals surface area contributed by atoms with Crippen molar-refractivity contribution in [2.45, 2.75) is 6.04 Å². The number of carbonyl (C=O) groups is 1. The van der Waals surface area contributed by atoms with Crippen molar-refractivity contribution in [1.82, 2.24) is 0 Å². The van der Waals surface area contributed by atoms with E-state index in [0.717, 1.165) is 0 Å². The van der Waals surface area contributed by atoms with Crippen LogP contribution in [0.2, 0.25) is 0 Å². The lowest BCUT2D eigenvalue weighted by Crippen LogP contribution is -2.38. The van der Waals surface area contributed by atoms with E-state index in [4.69, 9.17) is 21.7 Å². The third-order valence-corrected chi connectivity index (χ3v) is 3.30. The Morgan fingerprint density at radius 1 is 1.44 bits per heavy atom. The summed E-state index contributed by atoms with van der Waals surface area (Å²) in [6.45, 7) is -0.574. The summed E-state index contributed by atoms with van der Waals surface area (Å²) in [5.74, 6) is -2.44. The van der Waals surface area contributed by atoms with Gasteiger partial charge in [0.05, 0.1) is 18.1 Å². The highest BCUT2D eigenvalue weighted by Crippen LogP contribution is 1.94. The fourth-order valence-electron chi connectivity index (χ4n) is 0.807. The molecule has 8 nitrogen and oxygen atoms in total. The number of nitrogens with two attached hydrogens (primary N) is 2. The van der Waals surface area contributed by atoms with Crippen molar-refractivity contribution >= 4 is 21.6 Å². The highest BCUT2D eigenvalue weighted by atomic mass is 32.2. The first kappa shape index (κ1) is 14.8. The van der Waals surface area contributed by atoms with Crippen LogP contribution < -0.4 is 11.5 Å². The minimum absolute atomic E-state index is 0.0715. The van der Waals surface area contributed by atoms with Crippen LogP contribution >= 0.6 is 0 Å². The van der Waals surface area contributed by atoms with Gasteiger partial charge in [-0.05, 0) is 0 Å². The molecule has 0 aliphatic carbocycles. The molecule has 0 aromatic rings. The van der Waals surface area contributed by atoms with E-state index in [2.05, 4.69) is 4.99 Å². The van der Waals surface area contributed by atoms with Gasteiger partial charge in [0.1, 0.15) is 18.5 Å². The maximum Gasteiger partial charge on any atom is 0.321 e. The van der Waals surface area contributed by atoms with Gasteiger partial charge in [-0.3, -0.25) is 9.79 Å². The molecule has 0 aliphatic heterocycles. The SMILES string of the molecule is NC(CO)=NCCS(=O)(=O)CC(N)C(=O)O. The Hall–Kier alpha value is -1.19. The maximum absolute atomic E-state index is 11.3. The number of hydrogen-bond acceptors (Lipinski definition) is 6. The molecule has 0 radical (unpaired) electrons. The number of carboxylic acid groups (broad SMARTS) is 1. The second-order valence-electron chi connectivity index (χ2n) is 3.09. The van der Waals surface area contributed by atoms with E-state index < -0.39 is 34.2 Å². The number of sulfone groups is 1. The van der Waals surface area contributed by atoms with Gasteiger partial charge in [0.25, 0.3) is 0 Å². The number of aliphatic hydroxyl groups excluding tert-OH is 1. The van der Waals surface area contributed by atoms with Crippen LogP contribution in [0.1, 0.15) is 0 Å². The largest absolute Gasteiger partial charge is 0.480 e. The molecule has 0 saturated heterocycles. The fraction of sp³-hybridized carbons (Fsp3) is 0.714. The summed E-state index contributed by atoms with van der Waals surface area (Å²) in [4.78, 5) is 13.9. The molecule has 9 heteroatoms. The molecule has 0 spiro atoms. The quantitative estimate of drug-likeness (QED) is 0.281. The van der Waals surface area contributed by atoms with Crippen molar-refractivity contribution in [2.75, 3.05) is 24.7 Å². The molecule has 0 saturated carbocycles. The molecular formula is C7H15N3O5S. The second-order valence-corrected chi connectivity index (χ2v) is 5.32. The average molecular weight is 253 g/mol. The van der Waals surface area contributed by atoms with Crippen LogP contribution in [-0.2, 0) is 14.6 Å². The number of rotatable bonds is 7. The molecule has 6 N–H and O–H groups in total. The summed E-state index contributed by atoms with van der Waals surface area (Å²) in [6.07, 6.45) is 0. The number of hydrogen-bond donors (Lipinski definition) is 4. The summed E-state index contributed by atoms with van der Waals surface area (Å²) in [6, 6.07) is -1.44. The monoisotopic (exact) mass is 253 g/mol. The van der Waals surface area contributed by atoms with Crippen molar-refractivity contribution in [3.63, 3.8) is 0 Å². The van der Waals surface area contributed by atoms with Gasteiger partial charge in [0, 0.05) is 0 Å². The van der Waals surface area contributed by atoms with E-state index >= 15 is 0 Å². The van der Waals surface area contributed by atoms with E-state index in [0.29, 0.717) is 0 Å². The standard InChI is InChI=1S/C7H15N3O5S/c8-5(7(12)13)4-16(14,15)2-1-10-6(9)3-11/h5,11H,1-4,8H2,(H2,9,10)(H,12,13). The van der Waals surface area contributed by atoms with Crippen LogP contribution in [0.4, 0.5) is 0 Å². The van der Waals surface area contributed by atoms with Crippen LogP contribution in [0.25, 0.3) is 0 Å². The number of carboxylic acids is 1. The van der Waals surface area contributed by atoms with Crippen LogP contribution in [-0.4, -0.2) is 61.1 Å². The normalized spacial score (nSPS) is 14.8. The molecular weight excluding hydrogens is 238 g/mol. The minimum atomic E-state index is -3.58. The Bertz CT molecular complexity index is 364. The molecule has 0 aromatic heterocycles. The smallest absolute Gasteiger partial charge is 0.321 e. The lowest BCUT2D eigenvalue weighted by Gasteiger charge is -2.06. The van der Waals surface area contributed by atoms with Gasteiger partial charge < -0.3 is 21.7 Å². The Balaban J connectivity index is 4.22. The molecule has 1 unspecified atom stereocenters. The molecule has 94 valence electrons. The molecule has 0 rings (SSSR count). The zero-order valence-electron chi connectivity index (χ0n) is 8.54.